The van der Waals surface area contributed by atoms with E-state index in [1.807, 2.05) is 34.9 Å². The van der Waals surface area contributed by atoms with E-state index in [0.717, 1.165) is 16.4 Å². The van der Waals surface area contributed by atoms with Crippen molar-refractivity contribution in [2.75, 3.05) is 6.54 Å². The highest BCUT2D eigenvalue weighted by molar-refractivity contribution is 7.99. The van der Waals surface area contributed by atoms with Crippen molar-refractivity contribution in [2.24, 2.45) is 5.73 Å². The molecule has 0 fully saturated rings. The van der Waals surface area contributed by atoms with Crippen LogP contribution in [0.1, 0.15) is 10.8 Å². The molecule has 0 radical (unpaired) electrons. The average molecular weight is 288 g/mol. The molecule has 3 aromatic rings. The smallest absolute Gasteiger partial charge is 0.196 e. The molecule has 0 aliphatic heterocycles. The summed E-state index contributed by atoms with van der Waals surface area (Å²) < 4.78 is 15.2. The highest BCUT2D eigenvalue weighted by atomic mass is 32.2. The molecule has 6 heteroatoms. The van der Waals surface area contributed by atoms with Gasteiger partial charge in [0.25, 0.3) is 0 Å². The van der Waals surface area contributed by atoms with Crippen LogP contribution < -0.4 is 5.73 Å². The van der Waals surface area contributed by atoms with Gasteiger partial charge >= 0.3 is 0 Å². The van der Waals surface area contributed by atoms with Crippen molar-refractivity contribution in [3.63, 3.8) is 0 Å². The van der Waals surface area contributed by atoms with Crippen molar-refractivity contribution in [3.05, 3.63) is 60.0 Å². The van der Waals surface area contributed by atoms with Crippen molar-refractivity contribution >= 4 is 17.4 Å². The first kappa shape index (κ1) is 13.1. The van der Waals surface area contributed by atoms with Gasteiger partial charge in [-0.2, -0.15) is 0 Å². The van der Waals surface area contributed by atoms with E-state index in [0.29, 0.717) is 6.54 Å². The minimum Gasteiger partial charge on any atom is -0.329 e. The van der Waals surface area contributed by atoms with Gasteiger partial charge in [0, 0.05) is 18.0 Å². The lowest BCUT2D eigenvalue weighted by atomic mass is 10.1. The highest BCUT2D eigenvalue weighted by Gasteiger charge is 2.16. The maximum Gasteiger partial charge on any atom is 0.196 e. The van der Waals surface area contributed by atoms with Gasteiger partial charge in [-0.3, -0.25) is 4.40 Å². The topological polar surface area (TPSA) is 56.2 Å². The number of hydrogen-bond acceptors (Lipinski definition) is 4. The first-order chi connectivity index (χ1) is 9.78. The Morgan fingerprint density at radius 1 is 1.20 bits per heavy atom. The second kappa shape index (κ2) is 5.60. The second-order valence-corrected chi connectivity index (χ2v) is 5.48. The van der Waals surface area contributed by atoms with Gasteiger partial charge in [0.2, 0.25) is 0 Å². The third kappa shape index (κ3) is 2.52. The Balaban J connectivity index is 1.92. The first-order valence-corrected chi connectivity index (χ1v) is 7.08. The summed E-state index contributed by atoms with van der Waals surface area (Å²) in [5.41, 5.74) is 7.45. The molecule has 102 valence electrons. The number of fused-ring (bicyclic) bond motifs is 1. The number of aromatic nitrogens is 3. The third-order valence-corrected chi connectivity index (χ3v) is 4.20. The fraction of sp³-hybridized carbons (Fsp3) is 0.143. The third-order valence-electron chi connectivity index (χ3n) is 2.96. The summed E-state index contributed by atoms with van der Waals surface area (Å²) in [6.07, 6.45) is 1.90. The lowest BCUT2D eigenvalue weighted by Crippen LogP contribution is -2.10. The maximum atomic E-state index is 13.3. The van der Waals surface area contributed by atoms with Gasteiger partial charge < -0.3 is 5.73 Å². The minimum absolute atomic E-state index is 0.0571. The fourth-order valence-electron chi connectivity index (χ4n) is 1.99. The summed E-state index contributed by atoms with van der Waals surface area (Å²) in [4.78, 5) is 0. The summed E-state index contributed by atoms with van der Waals surface area (Å²) in [5, 5.41) is 8.95. The van der Waals surface area contributed by atoms with E-state index in [1.54, 1.807) is 6.07 Å². The van der Waals surface area contributed by atoms with Crippen LogP contribution in [0.4, 0.5) is 4.39 Å². The van der Waals surface area contributed by atoms with E-state index in [1.165, 1.54) is 23.9 Å². The molecule has 2 N–H and O–H groups in total. The Bertz CT molecular complexity index is 728. The molecular weight excluding hydrogens is 275 g/mol. The van der Waals surface area contributed by atoms with E-state index >= 15 is 0 Å². The zero-order chi connectivity index (χ0) is 13.9. The minimum atomic E-state index is -0.257. The van der Waals surface area contributed by atoms with Crippen LogP contribution >= 0.6 is 11.8 Å². The second-order valence-electron chi connectivity index (χ2n) is 4.31. The molecule has 1 aromatic carbocycles. The monoisotopic (exact) mass is 288 g/mol. The molecule has 3 rings (SSSR count). The molecule has 0 aliphatic rings. The van der Waals surface area contributed by atoms with Crippen LogP contribution in [0.25, 0.3) is 5.65 Å². The molecule has 1 unspecified atom stereocenters. The van der Waals surface area contributed by atoms with Crippen LogP contribution in [0, 0.1) is 5.82 Å². The lowest BCUT2D eigenvalue weighted by Gasteiger charge is -2.13. The average Bonchev–Trinajstić information content (AvgIpc) is 2.88. The van der Waals surface area contributed by atoms with E-state index in [2.05, 4.69) is 10.2 Å². The number of pyridine rings is 1. The van der Waals surface area contributed by atoms with Crippen molar-refractivity contribution in [3.8, 4) is 0 Å². The molecule has 0 bridgehead atoms. The maximum absolute atomic E-state index is 13.3. The zero-order valence-electron chi connectivity index (χ0n) is 10.6. The van der Waals surface area contributed by atoms with Crippen LogP contribution in [0.15, 0.2) is 53.8 Å². The van der Waals surface area contributed by atoms with Crippen LogP contribution in [0.5, 0.6) is 0 Å². The fourth-order valence-corrected chi connectivity index (χ4v) is 2.98. The molecule has 1 atom stereocenters. The molecule has 0 aliphatic carbocycles. The molecule has 2 heterocycles. The largest absolute Gasteiger partial charge is 0.329 e. The van der Waals surface area contributed by atoms with Gasteiger partial charge in [-0.1, -0.05) is 30.0 Å². The van der Waals surface area contributed by atoms with Crippen LogP contribution in [-0.4, -0.2) is 21.1 Å². The molecular formula is C14H13FN4S. The van der Waals surface area contributed by atoms with Gasteiger partial charge in [-0.25, -0.2) is 4.39 Å². The number of nitrogens with zero attached hydrogens (tertiary/aromatic N) is 3. The van der Waals surface area contributed by atoms with Crippen LogP contribution in [-0.2, 0) is 0 Å². The Kier molecular flexibility index (Phi) is 3.66. The van der Waals surface area contributed by atoms with Crippen LogP contribution in [0.3, 0.4) is 0 Å². The van der Waals surface area contributed by atoms with Crippen molar-refractivity contribution in [1.82, 2.24) is 14.6 Å². The van der Waals surface area contributed by atoms with E-state index in [-0.39, 0.29) is 11.1 Å². The molecule has 4 nitrogen and oxygen atoms in total. The number of rotatable bonds is 4. The lowest BCUT2D eigenvalue weighted by molar-refractivity contribution is 0.625. The number of halogens is 1. The number of hydrogen-bond donors (Lipinski definition) is 1. The van der Waals surface area contributed by atoms with Crippen molar-refractivity contribution in [2.45, 2.75) is 10.4 Å². The van der Waals surface area contributed by atoms with E-state index < -0.39 is 0 Å². The quantitative estimate of drug-likeness (QED) is 0.750. The highest BCUT2D eigenvalue weighted by Crippen LogP contribution is 2.33. The Hall–Kier alpha value is -1.92. The molecule has 0 saturated heterocycles. The van der Waals surface area contributed by atoms with Gasteiger partial charge in [-0.15, -0.1) is 10.2 Å². The van der Waals surface area contributed by atoms with Gasteiger partial charge in [0.05, 0.1) is 0 Å². The summed E-state index contributed by atoms with van der Waals surface area (Å²) >= 11 is 1.48. The predicted molar refractivity (Wildman–Crippen MR) is 77.0 cm³/mol. The molecule has 2 aromatic heterocycles. The van der Waals surface area contributed by atoms with Crippen molar-refractivity contribution < 1.29 is 4.39 Å². The zero-order valence-corrected chi connectivity index (χ0v) is 11.4. The van der Waals surface area contributed by atoms with E-state index in [9.17, 15) is 4.39 Å². The summed E-state index contributed by atoms with van der Waals surface area (Å²) in [7, 11) is 0. The molecule has 0 saturated carbocycles. The standard InChI is InChI=1S/C14H13FN4S/c15-11-5-3-4-10(8-11)12(9-16)20-14-18-17-13-6-1-2-7-19(13)14/h1-8,12H,9,16H2. The molecule has 0 amide bonds. The Morgan fingerprint density at radius 2 is 2.10 bits per heavy atom. The summed E-state index contributed by atoms with van der Waals surface area (Å²) in [5.74, 6) is -0.257. The normalized spacial score (nSPS) is 12.7. The number of benzene rings is 1. The number of nitrogens with two attached hydrogens (primary N) is 1. The van der Waals surface area contributed by atoms with E-state index in [4.69, 9.17) is 5.73 Å². The number of thioether (sulfide) groups is 1. The van der Waals surface area contributed by atoms with Crippen molar-refractivity contribution in [1.29, 1.82) is 0 Å². The summed E-state index contributed by atoms with van der Waals surface area (Å²) in [6.45, 7) is 0.399. The molecule has 0 spiro atoms. The SMILES string of the molecule is NCC(Sc1nnc2ccccn12)c1cccc(F)c1. The predicted octanol–water partition coefficient (Wildman–Crippen LogP) is 2.66. The summed E-state index contributed by atoms with van der Waals surface area (Å²) in [6, 6.07) is 12.2. The first-order valence-electron chi connectivity index (χ1n) is 6.20. The Labute approximate surface area is 119 Å². The van der Waals surface area contributed by atoms with Gasteiger partial charge in [-0.05, 0) is 29.8 Å². The Morgan fingerprint density at radius 3 is 2.90 bits per heavy atom. The van der Waals surface area contributed by atoms with Crippen LogP contribution in [0.2, 0.25) is 0 Å². The van der Waals surface area contributed by atoms with Gasteiger partial charge in [0.15, 0.2) is 10.8 Å². The van der Waals surface area contributed by atoms with Gasteiger partial charge in [0.1, 0.15) is 5.82 Å². The molecule has 20 heavy (non-hydrogen) atoms.